The zero-order valence-electron chi connectivity index (χ0n) is 9.16. The highest BCUT2D eigenvalue weighted by molar-refractivity contribution is 5.72. The van der Waals surface area contributed by atoms with Gasteiger partial charge in [0.2, 0.25) is 0 Å². The molecule has 0 amide bonds. The van der Waals surface area contributed by atoms with Gasteiger partial charge in [0.15, 0.2) is 0 Å². The van der Waals surface area contributed by atoms with E-state index in [4.69, 9.17) is 4.74 Å². The molecule has 1 fully saturated rings. The number of cyclic esters (lactones) is 1. The number of hydrogen-bond acceptors (Lipinski definition) is 3. The topological polar surface area (TPSA) is 46.5 Å². The minimum Gasteiger partial charge on any atom is -0.458 e. The number of hydrogen-bond donors (Lipinski definition) is 1. The normalized spacial score (nSPS) is 24.5. The predicted octanol–water partition coefficient (Wildman–Crippen LogP) is 1.64. The van der Waals surface area contributed by atoms with E-state index >= 15 is 0 Å². The molecule has 1 saturated heterocycles. The summed E-state index contributed by atoms with van der Waals surface area (Å²) in [5.41, 5.74) is 0. The number of unbranched alkanes of at least 4 members (excludes halogenated alkanes) is 3. The van der Waals surface area contributed by atoms with E-state index in [9.17, 15) is 9.90 Å². The molecule has 1 rings (SSSR count). The van der Waals surface area contributed by atoms with Gasteiger partial charge in [-0.3, -0.25) is 4.79 Å². The lowest BCUT2D eigenvalue weighted by molar-refractivity contribution is -0.141. The van der Waals surface area contributed by atoms with Gasteiger partial charge in [0.05, 0.1) is 6.42 Å². The molecule has 1 heterocycles. The second kappa shape index (κ2) is 6.47. The molecule has 1 aliphatic rings. The quantitative estimate of drug-likeness (QED) is 0.436. The van der Waals surface area contributed by atoms with Gasteiger partial charge >= 0.3 is 5.97 Å². The summed E-state index contributed by atoms with van der Waals surface area (Å²) in [4.78, 5) is 10.8. The van der Waals surface area contributed by atoms with Crippen LogP contribution in [0.15, 0.2) is 0 Å². The summed E-state index contributed by atoms with van der Waals surface area (Å²) in [6.07, 6.45) is 3.91. The van der Waals surface area contributed by atoms with Crippen LogP contribution in [0, 0.1) is 11.8 Å². The van der Waals surface area contributed by atoms with Crippen molar-refractivity contribution in [3.8, 4) is 11.8 Å². The molecule has 0 spiro atoms. The van der Waals surface area contributed by atoms with Gasteiger partial charge in [-0.15, -0.1) is 5.92 Å². The van der Waals surface area contributed by atoms with Crippen LogP contribution in [0.3, 0.4) is 0 Å². The van der Waals surface area contributed by atoms with Crippen molar-refractivity contribution in [2.24, 2.45) is 0 Å². The van der Waals surface area contributed by atoms with E-state index in [1.165, 1.54) is 12.8 Å². The maximum atomic E-state index is 10.8. The zero-order chi connectivity index (χ0) is 11.1. The number of carbonyl (C=O) groups is 1. The molecule has 0 radical (unpaired) electrons. The lowest BCUT2D eigenvalue weighted by Gasteiger charge is -2.07. The molecular formula is C12H18O3. The molecule has 0 aliphatic carbocycles. The lowest BCUT2D eigenvalue weighted by atomic mass is 10.1. The number of carbonyl (C=O) groups excluding carboxylic acids is 1. The molecule has 0 saturated carbocycles. The Hall–Kier alpha value is -1.01. The van der Waals surface area contributed by atoms with Crippen LogP contribution in [-0.4, -0.2) is 23.3 Å². The summed E-state index contributed by atoms with van der Waals surface area (Å²) < 4.78 is 4.91. The third-order valence-electron chi connectivity index (χ3n) is 2.42. The van der Waals surface area contributed by atoms with Crippen LogP contribution in [0.5, 0.6) is 0 Å². The van der Waals surface area contributed by atoms with E-state index in [0.717, 1.165) is 12.8 Å². The highest BCUT2D eigenvalue weighted by Crippen LogP contribution is 2.17. The lowest BCUT2D eigenvalue weighted by Crippen LogP contribution is -2.19. The van der Waals surface area contributed by atoms with Crippen molar-refractivity contribution in [3.05, 3.63) is 0 Å². The van der Waals surface area contributed by atoms with E-state index < -0.39 is 12.2 Å². The van der Waals surface area contributed by atoms with Crippen LogP contribution >= 0.6 is 0 Å². The van der Waals surface area contributed by atoms with Crippen LogP contribution in [0.2, 0.25) is 0 Å². The highest BCUT2D eigenvalue weighted by atomic mass is 16.6. The maximum absolute atomic E-state index is 10.8. The van der Waals surface area contributed by atoms with Gasteiger partial charge in [0.25, 0.3) is 0 Å². The zero-order valence-corrected chi connectivity index (χ0v) is 9.16. The Bertz CT molecular complexity index is 262. The van der Waals surface area contributed by atoms with Gasteiger partial charge in [-0.25, -0.2) is 0 Å². The van der Waals surface area contributed by atoms with Crippen molar-refractivity contribution in [2.45, 2.75) is 57.7 Å². The second-order valence-corrected chi connectivity index (χ2v) is 3.81. The fourth-order valence-corrected chi connectivity index (χ4v) is 1.50. The van der Waals surface area contributed by atoms with Crippen molar-refractivity contribution >= 4 is 5.97 Å². The highest BCUT2D eigenvalue weighted by Gasteiger charge is 2.32. The number of aliphatic hydroxyl groups is 1. The molecule has 0 aromatic rings. The van der Waals surface area contributed by atoms with Crippen molar-refractivity contribution < 1.29 is 14.6 Å². The summed E-state index contributed by atoms with van der Waals surface area (Å²) in [6, 6.07) is 0. The van der Waals surface area contributed by atoms with Crippen molar-refractivity contribution in [1.82, 2.24) is 0 Å². The summed E-state index contributed by atoms with van der Waals surface area (Å²) in [7, 11) is 0. The Kier molecular flexibility index (Phi) is 5.20. The molecule has 15 heavy (non-hydrogen) atoms. The first-order valence-electron chi connectivity index (χ1n) is 5.57. The van der Waals surface area contributed by atoms with E-state index in [1.807, 2.05) is 0 Å². The van der Waals surface area contributed by atoms with E-state index in [1.54, 1.807) is 0 Å². The molecule has 0 aromatic heterocycles. The fraction of sp³-hybridized carbons (Fsp3) is 0.750. The number of esters is 1. The molecule has 0 aromatic carbocycles. The number of rotatable bonds is 4. The molecule has 3 heteroatoms. The van der Waals surface area contributed by atoms with Gasteiger partial charge in [0, 0.05) is 12.8 Å². The average molecular weight is 210 g/mol. The third kappa shape index (κ3) is 4.35. The van der Waals surface area contributed by atoms with Crippen molar-refractivity contribution in [2.75, 3.05) is 0 Å². The van der Waals surface area contributed by atoms with Crippen molar-refractivity contribution in [1.29, 1.82) is 0 Å². The Morgan fingerprint density at radius 1 is 1.47 bits per heavy atom. The van der Waals surface area contributed by atoms with Gasteiger partial charge in [-0.2, -0.15) is 0 Å². The molecule has 1 N–H and O–H groups in total. The van der Waals surface area contributed by atoms with Crippen LogP contribution in [0.4, 0.5) is 0 Å². The first kappa shape index (κ1) is 12.1. The molecule has 2 atom stereocenters. The predicted molar refractivity (Wildman–Crippen MR) is 57.0 cm³/mol. The number of aliphatic hydroxyl groups excluding tert-OH is 1. The van der Waals surface area contributed by atoms with Crippen LogP contribution < -0.4 is 0 Å². The molecular weight excluding hydrogens is 192 g/mol. The van der Waals surface area contributed by atoms with E-state index in [0.29, 0.717) is 6.42 Å². The standard InChI is InChI=1S/C12H18O3/c1-2-3-4-5-6-7-8-11-10(13)9-12(14)15-11/h10-11,13H,2-5,8-9H2,1H3/t10-,11-/m0/s1. The van der Waals surface area contributed by atoms with Crippen molar-refractivity contribution in [3.63, 3.8) is 0 Å². The second-order valence-electron chi connectivity index (χ2n) is 3.81. The maximum Gasteiger partial charge on any atom is 0.308 e. The monoisotopic (exact) mass is 210 g/mol. The minimum absolute atomic E-state index is 0.113. The molecule has 0 bridgehead atoms. The summed E-state index contributed by atoms with van der Waals surface area (Å²) >= 11 is 0. The van der Waals surface area contributed by atoms with E-state index in [2.05, 4.69) is 18.8 Å². The van der Waals surface area contributed by atoms with Crippen LogP contribution in [-0.2, 0) is 9.53 Å². The van der Waals surface area contributed by atoms with Crippen LogP contribution in [0.25, 0.3) is 0 Å². The van der Waals surface area contributed by atoms with Gasteiger partial charge in [-0.05, 0) is 6.42 Å². The Morgan fingerprint density at radius 2 is 2.27 bits per heavy atom. The largest absolute Gasteiger partial charge is 0.458 e. The molecule has 84 valence electrons. The minimum atomic E-state index is -0.664. The summed E-state index contributed by atoms with van der Waals surface area (Å²) in [5, 5.41) is 9.39. The molecule has 0 unspecified atom stereocenters. The van der Waals surface area contributed by atoms with Gasteiger partial charge in [-0.1, -0.05) is 25.7 Å². The Morgan fingerprint density at radius 3 is 2.87 bits per heavy atom. The third-order valence-corrected chi connectivity index (χ3v) is 2.42. The first-order chi connectivity index (χ1) is 7.24. The van der Waals surface area contributed by atoms with Crippen LogP contribution in [0.1, 0.15) is 45.4 Å². The summed E-state index contributed by atoms with van der Waals surface area (Å²) in [6.45, 7) is 2.15. The average Bonchev–Trinajstić information content (AvgIpc) is 2.51. The fourth-order valence-electron chi connectivity index (χ4n) is 1.50. The van der Waals surface area contributed by atoms with Gasteiger partial charge < -0.3 is 9.84 Å². The molecule has 1 aliphatic heterocycles. The molecule has 3 nitrogen and oxygen atoms in total. The Labute approximate surface area is 90.8 Å². The first-order valence-corrected chi connectivity index (χ1v) is 5.57. The smallest absolute Gasteiger partial charge is 0.308 e. The summed E-state index contributed by atoms with van der Waals surface area (Å²) in [5.74, 6) is 5.66. The SMILES string of the molecule is CCCCCC#CC[C@@H]1OC(=O)C[C@@H]1O. The van der Waals surface area contributed by atoms with Gasteiger partial charge in [0.1, 0.15) is 12.2 Å². The number of ether oxygens (including phenoxy) is 1. The Balaban J connectivity index is 2.16. The van der Waals surface area contributed by atoms with E-state index in [-0.39, 0.29) is 12.4 Å².